The molecule has 2 amide bonds. The third-order valence-electron chi connectivity index (χ3n) is 6.65. The maximum Gasteiger partial charge on any atom is 0.268 e. The van der Waals surface area contributed by atoms with Gasteiger partial charge in [0.05, 0.1) is 29.4 Å². The number of fused-ring (bicyclic) bond motifs is 1. The SMILES string of the molecule is CCCNC(=O)CC1(C(=O)NCCC)CC(c2ccc3c(C)nn(C4CCCC4)c3c2)=NO1. The molecule has 4 rings (SSSR count). The van der Waals surface area contributed by atoms with Gasteiger partial charge in [-0.3, -0.25) is 14.3 Å². The normalized spacial score (nSPS) is 20.6. The largest absolute Gasteiger partial charge is 0.378 e. The minimum Gasteiger partial charge on any atom is -0.378 e. The predicted octanol–water partition coefficient (Wildman–Crippen LogP) is 3.77. The number of aryl methyl sites for hydroxylation is 1. The molecule has 1 saturated carbocycles. The summed E-state index contributed by atoms with van der Waals surface area (Å²) in [6.07, 6.45) is 6.61. The van der Waals surface area contributed by atoms with E-state index in [-0.39, 0.29) is 24.7 Å². The van der Waals surface area contributed by atoms with Crippen LogP contribution in [0.3, 0.4) is 0 Å². The molecule has 2 aliphatic rings. The Kier molecular flexibility index (Phi) is 7.00. The van der Waals surface area contributed by atoms with E-state index in [0.29, 0.717) is 24.8 Å². The number of hydrogen-bond acceptors (Lipinski definition) is 5. The molecule has 2 heterocycles. The lowest BCUT2D eigenvalue weighted by molar-refractivity contribution is -0.149. The number of carbonyl (C=O) groups is 2. The highest BCUT2D eigenvalue weighted by molar-refractivity contribution is 6.08. The topological polar surface area (TPSA) is 97.6 Å². The van der Waals surface area contributed by atoms with Crippen LogP contribution in [-0.2, 0) is 14.4 Å². The number of nitrogens with zero attached hydrogens (tertiary/aromatic N) is 3. The van der Waals surface area contributed by atoms with Gasteiger partial charge in [0.25, 0.3) is 5.91 Å². The molecule has 2 aromatic rings. The lowest BCUT2D eigenvalue weighted by atomic mass is 9.89. The molecule has 8 nitrogen and oxygen atoms in total. The highest BCUT2D eigenvalue weighted by Gasteiger charge is 2.48. The summed E-state index contributed by atoms with van der Waals surface area (Å²) >= 11 is 0. The van der Waals surface area contributed by atoms with Crippen molar-refractivity contribution in [2.24, 2.45) is 5.16 Å². The summed E-state index contributed by atoms with van der Waals surface area (Å²) in [5.74, 6) is -0.493. The van der Waals surface area contributed by atoms with Gasteiger partial charge in [0.1, 0.15) is 0 Å². The van der Waals surface area contributed by atoms with E-state index in [4.69, 9.17) is 9.94 Å². The van der Waals surface area contributed by atoms with Gasteiger partial charge >= 0.3 is 0 Å². The summed E-state index contributed by atoms with van der Waals surface area (Å²) in [5.41, 5.74) is 2.38. The summed E-state index contributed by atoms with van der Waals surface area (Å²) in [4.78, 5) is 31.3. The first-order valence-corrected chi connectivity index (χ1v) is 12.3. The molecule has 2 N–H and O–H groups in total. The Balaban J connectivity index is 1.60. The molecular weight excluding hydrogens is 418 g/mol. The molecule has 1 aliphatic carbocycles. The Morgan fingerprint density at radius 3 is 2.61 bits per heavy atom. The predicted molar refractivity (Wildman–Crippen MR) is 128 cm³/mol. The second-order valence-electron chi connectivity index (χ2n) is 9.28. The molecule has 0 spiro atoms. The van der Waals surface area contributed by atoms with E-state index >= 15 is 0 Å². The van der Waals surface area contributed by atoms with E-state index in [0.717, 1.165) is 47.8 Å². The van der Waals surface area contributed by atoms with Gasteiger partial charge in [-0.15, -0.1) is 0 Å². The maximum atomic E-state index is 13.1. The Hall–Kier alpha value is -2.90. The number of amides is 2. The first-order chi connectivity index (χ1) is 16.0. The first kappa shape index (κ1) is 23.3. The highest BCUT2D eigenvalue weighted by Crippen LogP contribution is 2.35. The van der Waals surface area contributed by atoms with Crippen LogP contribution in [0.2, 0.25) is 0 Å². The van der Waals surface area contributed by atoms with Crippen molar-refractivity contribution < 1.29 is 14.4 Å². The Bertz CT molecular complexity index is 1050. The van der Waals surface area contributed by atoms with Crippen LogP contribution < -0.4 is 10.6 Å². The molecule has 1 fully saturated rings. The summed E-state index contributed by atoms with van der Waals surface area (Å²) in [5, 5.41) is 16.0. The van der Waals surface area contributed by atoms with Crippen molar-refractivity contribution in [3.05, 3.63) is 29.5 Å². The van der Waals surface area contributed by atoms with Gasteiger partial charge < -0.3 is 15.5 Å². The molecule has 1 unspecified atom stereocenters. The van der Waals surface area contributed by atoms with E-state index < -0.39 is 5.60 Å². The summed E-state index contributed by atoms with van der Waals surface area (Å²) < 4.78 is 2.16. The van der Waals surface area contributed by atoms with Gasteiger partial charge in [0.15, 0.2) is 0 Å². The fourth-order valence-electron chi connectivity index (χ4n) is 4.82. The Morgan fingerprint density at radius 2 is 1.88 bits per heavy atom. The molecule has 33 heavy (non-hydrogen) atoms. The second kappa shape index (κ2) is 9.93. The Morgan fingerprint density at radius 1 is 1.15 bits per heavy atom. The van der Waals surface area contributed by atoms with E-state index in [2.05, 4.69) is 32.6 Å². The molecule has 0 radical (unpaired) electrons. The average molecular weight is 454 g/mol. The van der Waals surface area contributed by atoms with Crippen LogP contribution in [0, 0.1) is 6.92 Å². The number of benzene rings is 1. The van der Waals surface area contributed by atoms with Crippen LogP contribution in [0.4, 0.5) is 0 Å². The van der Waals surface area contributed by atoms with Crippen LogP contribution in [0.1, 0.15) is 82.5 Å². The molecule has 1 atom stereocenters. The van der Waals surface area contributed by atoms with Gasteiger partial charge in [0.2, 0.25) is 11.5 Å². The zero-order valence-electron chi connectivity index (χ0n) is 19.9. The third-order valence-corrected chi connectivity index (χ3v) is 6.65. The molecule has 178 valence electrons. The fourth-order valence-corrected chi connectivity index (χ4v) is 4.82. The zero-order valence-corrected chi connectivity index (χ0v) is 19.9. The lowest BCUT2D eigenvalue weighted by Gasteiger charge is -2.25. The molecule has 1 aromatic carbocycles. The van der Waals surface area contributed by atoms with Crippen molar-refractivity contribution in [3.63, 3.8) is 0 Å². The average Bonchev–Trinajstić information content (AvgIpc) is 3.56. The van der Waals surface area contributed by atoms with Crippen LogP contribution in [0.5, 0.6) is 0 Å². The van der Waals surface area contributed by atoms with Gasteiger partial charge in [-0.1, -0.05) is 44.0 Å². The summed E-state index contributed by atoms with van der Waals surface area (Å²) in [7, 11) is 0. The van der Waals surface area contributed by atoms with E-state index in [9.17, 15) is 9.59 Å². The van der Waals surface area contributed by atoms with Gasteiger partial charge in [-0.2, -0.15) is 5.10 Å². The monoisotopic (exact) mass is 453 g/mol. The van der Waals surface area contributed by atoms with Gasteiger partial charge in [-0.05, 0) is 38.7 Å². The van der Waals surface area contributed by atoms with Crippen molar-refractivity contribution in [1.82, 2.24) is 20.4 Å². The number of nitrogens with one attached hydrogen (secondary N) is 2. The number of oxime groups is 1. The van der Waals surface area contributed by atoms with Crippen molar-refractivity contribution in [2.75, 3.05) is 13.1 Å². The molecular formula is C25H35N5O3. The molecule has 1 aliphatic heterocycles. The van der Waals surface area contributed by atoms with Crippen molar-refractivity contribution in [3.8, 4) is 0 Å². The van der Waals surface area contributed by atoms with Crippen molar-refractivity contribution >= 4 is 28.4 Å². The zero-order chi connectivity index (χ0) is 23.4. The van der Waals surface area contributed by atoms with Crippen LogP contribution in [0.25, 0.3) is 10.9 Å². The molecule has 0 bridgehead atoms. The maximum absolute atomic E-state index is 13.1. The van der Waals surface area contributed by atoms with Gasteiger partial charge in [-0.25, -0.2) is 0 Å². The fraction of sp³-hybridized carbons (Fsp3) is 0.600. The number of aromatic nitrogens is 2. The number of carbonyl (C=O) groups excluding carboxylic acids is 2. The highest BCUT2D eigenvalue weighted by atomic mass is 16.7. The quantitative estimate of drug-likeness (QED) is 0.604. The lowest BCUT2D eigenvalue weighted by Crippen LogP contribution is -2.50. The number of hydrogen-bond donors (Lipinski definition) is 2. The van der Waals surface area contributed by atoms with Crippen LogP contribution in [-0.4, -0.2) is 46.0 Å². The minimum absolute atomic E-state index is 0.0586. The smallest absolute Gasteiger partial charge is 0.268 e. The van der Waals surface area contributed by atoms with Crippen LogP contribution >= 0.6 is 0 Å². The van der Waals surface area contributed by atoms with E-state index in [1.807, 2.05) is 26.8 Å². The number of rotatable bonds is 9. The first-order valence-electron chi connectivity index (χ1n) is 12.3. The van der Waals surface area contributed by atoms with E-state index in [1.54, 1.807) is 0 Å². The minimum atomic E-state index is -1.32. The van der Waals surface area contributed by atoms with E-state index in [1.165, 1.54) is 12.8 Å². The standard InChI is InChI=1S/C25H35N5O3/c1-4-12-26-23(31)16-25(24(32)27-13-5-2)15-21(29-33-25)18-10-11-20-17(3)28-30(22(20)14-18)19-8-6-7-9-19/h10-11,14,19H,4-9,12-13,15-16H2,1-3H3,(H,26,31)(H,27,32). The second-order valence-corrected chi connectivity index (χ2v) is 9.28. The summed E-state index contributed by atoms with van der Waals surface area (Å²) in [6.45, 7) is 7.12. The molecule has 0 saturated heterocycles. The van der Waals surface area contributed by atoms with Crippen molar-refractivity contribution in [1.29, 1.82) is 0 Å². The van der Waals surface area contributed by atoms with Crippen LogP contribution in [0.15, 0.2) is 23.4 Å². The molecule has 1 aromatic heterocycles. The Labute approximate surface area is 195 Å². The van der Waals surface area contributed by atoms with Gasteiger partial charge in [0, 0.05) is 30.5 Å². The molecule has 8 heteroatoms. The third kappa shape index (κ3) is 4.75. The van der Waals surface area contributed by atoms with Crippen molar-refractivity contribution in [2.45, 2.75) is 83.8 Å². The summed E-state index contributed by atoms with van der Waals surface area (Å²) in [6, 6.07) is 6.62.